The van der Waals surface area contributed by atoms with Gasteiger partial charge in [0.1, 0.15) is 35.1 Å². The standard InChI is InChI=1S/C60H66FN15O5/c1-4-26-71(52-15-11-45(33-48(52)61)75-39(2)69-51-14-13-49(70-57(51)75)43-18-24-65-53(62)32-43)31-25-64-23-6-7-40-10-16-54(67-34-40)72-27-19-42(20-28-72)58(79)73-29-21-44(22-30-73)74-37-41(36-68-74)35-66-50-9-5-8-47-56(50)60(81)76(59(47)80)46(38-77)12-17-55(78)63-3/h5,8-11,13-16,18,24,32-34,36-38,42,44,46,64,66H,4,12,17,19-23,25-31,35H2,1-3H3,(H2,62,65)(H,63,78). The SMILES string of the molecule is CCCN(CCNCC#Cc1ccc(N2CCC(C(=O)N3CCC(n4cc(CNc5cccc6c5C(=O)N(C(C=O)CCC(=O)NC)C6=O)cn4)CC3)CC2)nc1)c1ccc(-n2c(C)nc3ccc(-c4ccnc(N)c4)nc32)cc1F. The van der Waals surface area contributed by atoms with Crippen molar-refractivity contribution < 1.29 is 28.4 Å². The van der Waals surface area contributed by atoms with E-state index in [0.29, 0.717) is 92.0 Å². The molecule has 20 nitrogen and oxygen atoms in total. The van der Waals surface area contributed by atoms with E-state index in [1.54, 1.807) is 48.9 Å². The lowest BCUT2D eigenvalue weighted by molar-refractivity contribution is -0.137. The van der Waals surface area contributed by atoms with Crippen molar-refractivity contribution in [1.82, 2.24) is 54.7 Å². The number of piperidine rings is 2. The molecule has 1 atom stereocenters. The number of anilines is 4. The van der Waals surface area contributed by atoms with Gasteiger partial charge in [-0.25, -0.2) is 24.3 Å². The zero-order chi connectivity index (χ0) is 56.6. The molecule has 0 bridgehead atoms. The predicted octanol–water partition coefficient (Wildman–Crippen LogP) is 6.34. The lowest BCUT2D eigenvalue weighted by Gasteiger charge is -2.37. The van der Waals surface area contributed by atoms with Crippen LogP contribution in [0.3, 0.4) is 0 Å². The number of carbonyl (C=O) groups excluding carboxylic acids is 5. The highest BCUT2D eigenvalue weighted by molar-refractivity contribution is 6.24. The number of fused-ring (bicyclic) bond motifs is 2. The number of benzene rings is 2. The van der Waals surface area contributed by atoms with E-state index in [0.717, 1.165) is 78.3 Å². The van der Waals surface area contributed by atoms with Crippen LogP contribution in [0.15, 0.2) is 97.6 Å². The van der Waals surface area contributed by atoms with Crippen LogP contribution < -0.4 is 31.5 Å². The minimum Gasteiger partial charge on any atom is -0.384 e. The number of aldehydes is 1. The van der Waals surface area contributed by atoms with E-state index in [1.165, 1.54) is 7.05 Å². The van der Waals surface area contributed by atoms with E-state index in [9.17, 15) is 24.0 Å². The van der Waals surface area contributed by atoms with E-state index in [-0.39, 0.29) is 53.6 Å². The maximum atomic E-state index is 16.0. The molecule has 10 rings (SSSR count). The van der Waals surface area contributed by atoms with Crippen molar-refractivity contribution in [2.45, 2.75) is 77.4 Å². The Morgan fingerprint density at radius 1 is 0.938 bits per heavy atom. The number of pyridine rings is 3. The van der Waals surface area contributed by atoms with E-state index in [2.05, 4.69) is 49.7 Å². The van der Waals surface area contributed by atoms with E-state index in [4.69, 9.17) is 20.7 Å². The zero-order valence-electron chi connectivity index (χ0n) is 45.8. The Morgan fingerprint density at radius 3 is 2.51 bits per heavy atom. The smallest absolute Gasteiger partial charge is 0.264 e. The molecule has 0 radical (unpaired) electrons. The van der Waals surface area contributed by atoms with Crippen molar-refractivity contribution in [3.8, 4) is 28.8 Å². The number of likely N-dealkylation sites (tertiary alicyclic amines) is 1. The number of nitrogens with two attached hydrogens (primary N) is 1. The van der Waals surface area contributed by atoms with Gasteiger partial charge in [-0.1, -0.05) is 24.8 Å². The quantitative estimate of drug-likeness (QED) is 0.0282. The van der Waals surface area contributed by atoms with Gasteiger partial charge in [0.25, 0.3) is 11.8 Å². The number of rotatable bonds is 20. The number of nitrogens with one attached hydrogen (secondary N) is 3. The number of carbonyl (C=O) groups is 5. The Kier molecular flexibility index (Phi) is 17.0. The minimum atomic E-state index is -1.06. The summed E-state index contributed by atoms with van der Waals surface area (Å²) in [6.45, 7) is 9.43. The van der Waals surface area contributed by atoms with Gasteiger partial charge in [-0.2, -0.15) is 5.10 Å². The molecular formula is C60H66FN15O5. The van der Waals surface area contributed by atoms with Crippen LogP contribution in [0, 0.1) is 30.5 Å². The summed E-state index contributed by atoms with van der Waals surface area (Å²) in [7, 11) is 1.49. The molecule has 418 valence electrons. The highest BCUT2D eigenvalue weighted by atomic mass is 19.1. The van der Waals surface area contributed by atoms with Gasteiger partial charge in [0.2, 0.25) is 11.8 Å². The predicted molar refractivity (Wildman–Crippen MR) is 307 cm³/mol. The average molecular weight is 1100 g/mol. The lowest BCUT2D eigenvalue weighted by atomic mass is 9.93. The van der Waals surface area contributed by atoms with Crippen LogP contribution in [-0.2, 0) is 20.9 Å². The maximum absolute atomic E-state index is 16.0. The summed E-state index contributed by atoms with van der Waals surface area (Å²) in [6.07, 6.45) is 11.7. The number of nitrogen functional groups attached to an aromatic ring is 1. The first kappa shape index (κ1) is 55.3. The number of amides is 4. The van der Waals surface area contributed by atoms with Crippen LogP contribution in [0.25, 0.3) is 28.1 Å². The average Bonchev–Trinajstić information content (AvgIpc) is 4.30. The molecular weight excluding hydrogens is 1030 g/mol. The van der Waals surface area contributed by atoms with E-state index >= 15 is 4.39 Å². The number of imidazole rings is 1. The Balaban J connectivity index is 0.645. The van der Waals surface area contributed by atoms with Gasteiger partial charge < -0.3 is 41.2 Å². The molecule has 3 aliphatic heterocycles. The number of halogens is 1. The van der Waals surface area contributed by atoms with Crippen molar-refractivity contribution in [3.63, 3.8) is 0 Å². The van der Waals surface area contributed by atoms with Crippen molar-refractivity contribution in [3.05, 3.63) is 131 Å². The normalized spacial score (nSPS) is 15.1. The molecule has 0 aliphatic carbocycles. The molecule has 4 amide bonds. The molecule has 21 heteroatoms. The number of hydrogen-bond donors (Lipinski definition) is 4. The Hall–Kier alpha value is -9.03. The summed E-state index contributed by atoms with van der Waals surface area (Å²) < 4.78 is 19.8. The van der Waals surface area contributed by atoms with Crippen LogP contribution in [0.4, 0.5) is 27.4 Å². The minimum absolute atomic E-state index is 0.0000589. The van der Waals surface area contributed by atoms with Crippen LogP contribution in [0.2, 0.25) is 0 Å². The Bertz CT molecular complexity index is 3520. The summed E-state index contributed by atoms with van der Waals surface area (Å²) in [5.41, 5.74) is 12.6. The Morgan fingerprint density at radius 2 is 1.77 bits per heavy atom. The number of hydrogen-bond acceptors (Lipinski definition) is 15. The largest absolute Gasteiger partial charge is 0.384 e. The first-order valence-corrected chi connectivity index (χ1v) is 27.7. The summed E-state index contributed by atoms with van der Waals surface area (Å²) in [5, 5.41) is 13.8. The molecule has 0 spiro atoms. The second kappa shape index (κ2) is 25.0. The third-order valence-corrected chi connectivity index (χ3v) is 15.4. The van der Waals surface area contributed by atoms with E-state index < -0.39 is 17.9 Å². The fourth-order valence-corrected chi connectivity index (χ4v) is 11.1. The molecule has 3 aliphatic rings. The maximum Gasteiger partial charge on any atom is 0.264 e. The lowest BCUT2D eigenvalue weighted by Crippen LogP contribution is -2.45. The van der Waals surface area contributed by atoms with Crippen LogP contribution in [0.1, 0.15) is 95.6 Å². The molecule has 81 heavy (non-hydrogen) atoms. The first-order valence-electron chi connectivity index (χ1n) is 27.7. The van der Waals surface area contributed by atoms with Crippen molar-refractivity contribution >= 4 is 64.1 Å². The van der Waals surface area contributed by atoms with E-state index in [1.807, 2.05) is 74.6 Å². The first-order chi connectivity index (χ1) is 39.4. The van der Waals surface area contributed by atoms with Gasteiger partial charge in [0, 0.05) is 119 Å². The van der Waals surface area contributed by atoms with Crippen LogP contribution >= 0.6 is 0 Å². The van der Waals surface area contributed by atoms with Crippen LogP contribution in [0.5, 0.6) is 0 Å². The highest BCUT2D eigenvalue weighted by Crippen LogP contribution is 2.33. The summed E-state index contributed by atoms with van der Waals surface area (Å²) >= 11 is 0. The summed E-state index contributed by atoms with van der Waals surface area (Å²) in [4.78, 5) is 89.9. The second-order valence-electron chi connectivity index (χ2n) is 20.6. The number of aromatic nitrogens is 7. The molecule has 2 aromatic carbocycles. The molecule has 5 aromatic heterocycles. The molecule has 8 heterocycles. The molecule has 1 unspecified atom stereocenters. The van der Waals surface area contributed by atoms with Gasteiger partial charge >= 0.3 is 0 Å². The zero-order valence-corrected chi connectivity index (χ0v) is 45.8. The highest BCUT2D eigenvalue weighted by Gasteiger charge is 2.42. The molecule has 2 fully saturated rings. The summed E-state index contributed by atoms with van der Waals surface area (Å²) in [6, 6.07) is 20.7. The second-order valence-corrected chi connectivity index (χ2v) is 20.6. The third kappa shape index (κ3) is 12.3. The van der Waals surface area contributed by atoms with Gasteiger partial charge in [0.15, 0.2) is 5.65 Å². The van der Waals surface area contributed by atoms with Crippen molar-refractivity contribution in [2.24, 2.45) is 5.92 Å². The molecule has 5 N–H and O–H groups in total. The van der Waals surface area contributed by atoms with Crippen LogP contribution in [-0.4, -0.2) is 139 Å². The fraction of sp³-hybridized carbons (Fsp3) is 0.367. The van der Waals surface area contributed by atoms with Gasteiger partial charge in [-0.05, 0) is 106 Å². The Labute approximate surface area is 469 Å². The fourth-order valence-electron chi connectivity index (χ4n) is 11.1. The van der Waals surface area contributed by atoms with Gasteiger partial charge in [-0.3, -0.25) is 33.3 Å². The van der Waals surface area contributed by atoms with Gasteiger partial charge in [-0.15, -0.1) is 0 Å². The number of nitrogens with zero attached hydrogens (tertiary/aromatic N) is 11. The van der Waals surface area contributed by atoms with Crippen molar-refractivity contribution in [1.29, 1.82) is 0 Å². The summed E-state index contributed by atoms with van der Waals surface area (Å²) in [5.74, 6) is 6.77. The van der Waals surface area contributed by atoms with Crippen molar-refractivity contribution in [2.75, 3.05) is 80.3 Å². The molecule has 7 aromatic rings. The molecule has 0 saturated carbocycles. The topological polar surface area (TPSA) is 235 Å². The number of aryl methyl sites for hydroxylation is 1. The number of imide groups is 1. The van der Waals surface area contributed by atoms with Gasteiger partial charge in [0.05, 0.1) is 53.0 Å². The third-order valence-electron chi connectivity index (χ3n) is 15.4. The molecule has 2 saturated heterocycles. The monoisotopic (exact) mass is 1100 g/mol.